The summed E-state index contributed by atoms with van der Waals surface area (Å²) in [6.07, 6.45) is 3.58. The van der Waals surface area contributed by atoms with Crippen molar-refractivity contribution in [3.05, 3.63) is 0 Å². The minimum atomic E-state index is -0.221. The van der Waals surface area contributed by atoms with Crippen molar-refractivity contribution in [2.75, 3.05) is 0 Å². The van der Waals surface area contributed by atoms with Gasteiger partial charge < -0.3 is 16.8 Å². The molecule has 1 aliphatic carbocycles. The van der Waals surface area contributed by atoms with Gasteiger partial charge in [-0.15, -0.1) is 0 Å². The highest BCUT2D eigenvalue weighted by atomic mass is 16.2. The molecule has 0 radical (unpaired) electrons. The molecule has 1 aliphatic rings. The zero-order valence-electron chi connectivity index (χ0n) is 11.3. The van der Waals surface area contributed by atoms with E-state index in [-0.39, 0.29) is 29.8 Å². The zero-order chi connectivity index (χ0) is 13.7. The average molecular weight is 255 g/mol. The number of nitrogens with two attached hydrogens (primary N) is 2. The van der Waals surface area contributed by atoms with Crippen molar-refractivity contribution in [3.63, 3.8) is 0 Å². The van der Waals surface area contributed by atoms with Crippen molar-refractivity contribution in [1.29, 1.82) is 0 Å². The Morgan fingerprint density at radius 2 is 1.78 bits per heavy atom. The molecule has 5 N–H and O–H groups in total. The van der Waals surface area contributed by atoms with E-state index in [1.165, 1.54) is 0 Å². The van der Waals surface area contributed by atoms with E-state index in [9.17, 15) is 9.59 Å². The molecule has 0 saturated heterocycles. The lowest BCUT2D eigenvalue weighted by Crippen LogP contribution is -2.42. The fourth-order valence-corrected chi connectivity index (χ4v) is 2.26. The summed E-state index contributed by atoms with van der Waals surface area (Å²) in [7, 11) is 0. The summed E-state index contributed by atoms with van der Waals surface area (Å²) in [4.78, 5) is 22.8. The van der Waals surface area contributed by atoms with E-state index in [1.807, 2.05) is 13.8 Å². The van der Waals surface area contributed by atoms with Crippen LogP contribution in [0.4, 0.5) is 0 Å². The monoisotopic (exact) mass is 255 g/mol. The molecule has 0 aromatic heterocycles. The van der Waals surface area contributed by atoms with Crippen LogP contribution in [0.2, 0.25) is 0 Å². The van der Waals surface area contributed by atoms with Gasteiger partial charge in [0.15, 0.2) is 0 Å². The fraction of sp³-hybridized carbons (Fsp3) is 0.846. The summed E-state index contributed by atoms with van der Waals surface area (Å²) >= 11 is 0. The van der Waals surface area contributed by atoms with Crippen molar-refractivity contribution < 1.29 is 9.59 Å². The summed E-state index contributed by atoms with van der Waals surface area (Å²) < 4.78 is 0. The van der Waals surface area contributed by atoms with Gasteiger partial charge in [0.25, 0.3) is 0 Å². The van der Waals surface area contributed by atoms with E-state index in [0.717, 1.165) is 25.7 Å². The van der Waals surface area contributed by atoms with E-state index in [2.05, 4.69) is 5.32 Å². The molecule has 0 aromatic rings. The number of amides is 2. The fourth-order valence-electron chi connectivity index (χ4n) is 2.26. The standard InChI is InChI=1S/C13H25N3O2/c1-8(2)11(14)7-12(17)16-10-5-3-9(4-6-10)13(15)18/h8-11H,3-7,14H2,1-2H3,(H2,15,18)(H,16,17). The molecule has 5 nitrogen and oxygen atoms in total. The third-order valence-electron chi connectivity index (χ3n) is 3.77. The second-order valence-corrected chi connectivity index (χ2v) is 5.63. The van der Waals surface area contributed by atoms with Crippen LogP contribution in [0.25, 0.3) is 0 Å². The smallest absolute Gasteiger partial charge is 0.221 e. The molecule has 1 rings (SSSR count). The number of primary amides is 1. The van der Waals surface area contributed by atoms with E-state index in [4.69, 9.17) is 11.5 Å². The Bertz CT molecular complexity index is 297. The number of carbonyl (C=O) groups is 2. The van der Waals surface area contributed by atoms with Gasteiger partial charge in [0, 0.05) is 24.4 Å². The lowest BCUT2D eigenvalue weighted by atomic mass is 9.85. The molecule has 1 fully saturated rings. The van der Waals surface area contributed by atoms with Crippen LogP contribution in [0.15, 0.2) is 0 Å². The molecule has 0 heterocycles. The van der Waals surface area contributed by atoms with Crippen LogP contribution < -0.4 is 16.8 Å². The Hall–Kier alpha value is -1.10. The molecule has 2 amide bonds. The molecule has 104 valence electrons. The van der Waals surface area contributed by atoms with Crippen LogP contribution >= 0.6 is 0 Å². The van der Waals surface area contributed by atoms with E-state index in [1.54, 1.807) is 0 Å². The molecule has 1 unspecified atom stereocenters. The first-order chi connectivity index (χ1) is 8.40. The second kappa shape index (κ2) is 6.73. The van der Waals surface area contributed by atoms with Gasteiger partial charge in [-0.25, -0.2) is 0 Å². The number of nitrogens with one attached hydrogen (secondary N) is 1. The van der Waals surface area contributed by atoms with Gasteiger partial charge in [-0.3, -0.25) is 9.59 Å². The van der Waals surface area contributed by atoms with Gasteiger partial charge in [0.2, 0.25) is 11.8 Å². The molecule has 18 heavy (non-hydrogen) atoms. The van der Waals surface area contributed by atoms with Gasteiger partial charge in [-0.1, -0.05) is 13.8 Å². The largest absolute Gasteiger partial charge is 0.369 e. The highest BCUT2D eigenvalue weighted by molar-refractivity contribution is 5.77. The molecule has 5 heteroatoms. The third-order valence-corrected chi connectivity index (χ3v) is 3.77. The maximum atomic E-state index is 11.8. The zero-order valence-corrected chi connectivity index (χ0v) is 11.3. The molecule has 1 saturated carbocycles. The van der Waals surface area contributed by atoms with Crippen LogP contribution in [0.5, 0.6) is 0 Å². The highest BCUT2D eigenvalue weighted by Gasteiger charge is 2.25. The van der Waals surface area contributed by atoms with E-state index < -0.39 is 0 Å². The Kier molecular flexibility index (Phi) is 5.59. The summed E-state index contributed by atoms with van der Waals surface area (Å²) in [5.41, 5.74) is 11.1. The molecular formula is C13H25N3O2. The first-order valence-corrected chi connectivity index (χ1v) is 6.74. The van der Waals surface area contributed by atoms with Gasteiger partial charge in [0.1, 0.15) is 0 Å². The Morgan fingerprint density at radius 1 is 1.22 bits per heavy atom. The second-order valence-electron chi connectivity index (χ2n) is 5.63. The van der Waals surface area contributed by atoms with Crippen molar-refractivity contribution in [3.8, 4) is 0 Å². The molecular weight excluding hydrogens is 230 g/mol. The third kappa shape index (κ3) is 4.64. The predicted molar refractivity (Wildman–Crippen MR) is 70.5 cm³/mol. The van der Waals surface area contributed by atoms with Crippen LogP contribution in [-0.4, -0.2) is 23.9 Å². The van der Waals surface area contributed by atoms with Crippen molar-refractivity contribution in [2.24, 2.45) is 23.3 Å². The normalized spacial score (nSPS) is 25.8. The van der Waals surface area contributed by atoms with Gasteiger partial charge in [0.05, 0.1) is 0 Å². The Labute approximate surface area is 109 Å². The van der Waals surface area contributed by atoms with Crippen molar-refractivity contribution in [2.45, 2.75) is 58.0 Å². The topological polar surface area (TPSA) is 98.2 Å². The van der Waals surface area contributed by atoms with Crippen molar-refractivity contribution >= 4 is 11.8 Å². The number of rotatable bonds is 5. The average Bonchev–Trinajstić information content (AvgIpc) is 2.29. The predicted octanol–water partition coefficient (Wildman–Crippen LogP) is 0.520. The number of hydrogen-bond acceptors (Lipinski definition) is 3. The minimum Gasteiger partial charge on any atom is -0.369 e. The Morgan fingerprint density at radius 3 is 2.22 bits per heavy atom. The van der Waals surface area contributed by atoms with E-state index in [0.29, 0.717) is 12.3 Å². The van der Waals surface area contributed by atoms with Crippen LogP contribution in [0.1, 0.15) is 46.0 Å². The summed E-state index contributed by atoms with van der Waals surface area (Å²) in [5, 5.41) is 2.99. The first kappa shape index (κ1) is 15.0. The summed E-state index contributed by atoms with van der Waals surface area (Å²) in [5.74, 6) is 0.0813. The van der Waals surface area contributed by atoms with Gasteiger partial charge in [-0.05, 0) is 31.6 Å². The van der Waals surface area contributed by atoms with Crippen LogP contribution in [0, 0.1) is 11.8 Å². The summed E-state index contributed by atoms with van der Waals surface area (Å²) in [6.45, 7) is 4.02. The lowest BCUT2D eigenvalue weighted by molar-refractivity contribution is -0.123. The molecule has 0 aromatic carbocycles. The minimum absolute atomic E-state index is 0.0127. The number of hydrogen-bond donors (Lipinski definition) is 3. The van der Waals surface area contributed by atoms with Gasteiger partial charge >= 0.3 is 0 Å². The summed E-state index contributed by atoms with van der Waals surface area (Å²) in [6, 6.07) is 0.0828. The van der Waals surface area contributed by atoms with Crippen LogP contribution in [-0.2, 0) is 9.59 Å². The van der Waals surface area contributed by atoms with Crippen LogP contribution in [0.3, 0.4) is 0 Å². The maximum Gasteiger partial charge on any atom is 0.221 e. The lowest BCUT2D eigenvalue weighted by Gasteiger charge is -2.28. The number of carbonyl (C=O) groups excluding carboxylic acids is 2. The first-order valence-electron chi connectivity index (χ1n) is 6.74. The quantitative estimate of drug-likeness (QED) is 0.668. The SMILES string of the molecule is CC(C)C(N)CC(=O)NC1CCC(C(N)=O)CC1. The van der Waals surface area contributed by atoms with E-state index >= 15 is 0 Å². The molecule has 0 bridgehead atoms. The molecule has 0 aliphatic heterocycles. The molecule has 1 atom stereocenters. The van der Waals surface area contributed by atoms with Crippen molar-refractivity contribution in [1.82, 2.24) is 5.32 Å². The van der Waals surface area contributed by atoms with Gasteiger partial charge in [-0.2, -0.15) is 0 Å². The highest BCUT2D eigenvalue weighted by Crippen LogP contribution is 2.24. The Balaban J connectivity index is 2.28. The maximum absolute atomic E-state index is 11.8. The molecule has 0 spiro atoms.